The fraction of sp³-hybridized carbons (Fsp3) is 0.357. The first-order valence-corrected chi connectivity index (χ1v) is 7.37. The van der Waals surface area contributed by atoms with Gasteiger partial charge in [0.1, 0.15) is 23.0 Å². The van der Waals surface area contributed by atoms with E-state index in [0.29, 0.717) is 11.4 Å². The molecule has 112 valence electrons. The summed E-state index contributed by atoms with van der Waals surface area (Å²) in [5.74, 6) is -1.35. The van der Waals surface area contributed by atoms with E-state index in [0.717, 1.165) is 5.56 Å². The molecule has 0 saturated heterocycles. The van der Waals surface area contributed by atoms with Gasteiger partial charge in [0.05, 0.1) is 6.26 Å². The van der Waals surface area contributed by atoms with Crippen LogP contribution in [0.5, 0.6) is 0 Å². The number of furan rings is 1. The van der Waals surface area contributed by atoms with Crippen molar-refractivity contribution in [1.82, 2.24) is 10.3 Å². The third-order valence-electron chi connectivity index (χ3n) is 2.82. The van der Waals surface area contributed by atoms with Crippen molar-refractivity contribution < 1.29 is 19.1 Å². The maximum atomic E-state index is 12.1. The van der Waals surface area contributed by atoms with Crippen LogP contribution in [0.1, 0.15) is 30.8 Å². The lowest BCUT2D eigenvalue weighted by atomic mass is 10.0. The van der Waals surface area contributed by atoms with E-state index in [9.17, 15) is 9.59 Å². The van der Waals surface area contributed by atoms with Crippen molar-refractivity contribution in [2.75, 3.05) is 0 Å². The summed E-state index contributed by atoms with van der Waals surface area (Å²) in [7, 11) is 0. The first kappa shape index (κ1) is 15.2. The largest absolute Gasteiger partial charge is 0.480 e. The van der Waals surface area contributed by atoms with Crippen LogP contribution in [0, 0.1) is 5.92 Å². The van der Waals surface area contributed by atoms with Crippen LogP contribution in [-0.2, 0) is 4.79 Å². The summed E-state index contributed by atoms with van der Waals surface area (Å²) in [6.45, 7) is 3.81. The molecule has 6 nitrogen and oxygen atoms in total. The number of carboxylic acids is 1. The minimum atomic E-state index is -1.04. The van der Waals surface area contributed by atoms with Gasteiger partial charge in [-0.1, -0.05) is 13.8 Å². The number of carbonyl (C=O) groups is 2. The van der Waals surface area contributed by atoms with Crippen LogP contribution in [-0.4, -0.2) is 28.0 Å². The Balaban J connectivity index is 2.07. The quantitative estimate of drug-likeness (QED) is 0.855. The van der Waals surface area contributed by atoms with E-state index in [-0.39, 0.29) is 11.6 Å². The molecule has 0 aliphatic carbocycles. The highest BCUT2D eigenvalue weighted by Crippen LogP contribution is 2.23. The molecule has 2 heterocycles. The topological polar surface area (TPSA) is 92.4 Å². The van der Waals surface area contributed by atoms with E-state index in [1.165, 1.54) is 17.6 Å². The van der Waals surface area contributed by atoms with Crippen LogP contribution in [0.25, 0.3) is 10.6 Å². The molecule has 7 heteroatoms. The minimum Gasteiger partial charge on any atom is -0.480 e. The molecule has 0 saturated carbocycles. The van der Waals surface area contributed by atoms with E-state index >= 15 is 0 Å². The predicted octanol–water partition coefficient (Wildman–Crippen LogP) is 2.63. The van der Waals surface area contributed by atoms with E-state index in [1.54, 1.807) is 17.7 Å². The van der Waals surface area contributed by atoms with Gasteiger partial charge in [-0.15, -0.1) is 11.3 Å². The summed E-state index contributed by atoms with van der Waals surface area (Å²) in [4.78, 5) is 27.4. The van der Waals surface area contributed by atoms with Crippen LogP contribution < -0.4 is 5.32 Å². The molecule has 0 bridgehead atoms. The molecule has 2 aromatic heterocycles. The zero-order chi connectivity index (χ0) is 15.4. The molecular weight excluding hydrogens is 292 g/mol. The second-order valence-corrected chi connectivity index (χ2v) is 5.90. The number of nitrogens with one attached hydrogen (secondary N) is 1. The summed E-state index contributed by atoms with van der Waals surface area (Å²) in [6.07, 6.45) is 3.44. The van der Waals surface area contributed by atoms with Gasteiger partial charge in [-0.05, 0) is 18.4 Å². The smallest absolute Gasteiger partial charge is 0.326 e. The summed E-state index contributed by atoms with van der Waals surface area (Å²) < 4.78 is 4.97. The highest BCUT2D eigenvalue weighted by molar-refractivity contribution is 7.13. The van der Waals surface area contributed by atoms with Crippen molar-refractivity contribution in [1.29, 1.82) is 0 Å². The standard InChI is InChI=1S/C14H16N2O4S/c1-8(2)5-10(14(18)19)15-12(17)11-7-21-13(16-11)9-3-4-20-6-9/h3-4,6-8,10H,5H2,1-2H3,(H,15,17)(H,18,19)/t10-/m0/s1. The number of hydrogen-bond acceptors (Lipinski definition) is 5. The molecular formula is C14H16N2O4S. The number of carbonyl (C=O) groups excluding carboxylic acids is 1. The van der Waals surface area contributed by atoms with Gasteiger partial charge in [-0.2, -0.15) is 0 Å². The molecule has 0 fully saturated rings. The highest BCUT2D eigenvalue weighted by Gasteiger charge is 2.23. The van der Waals surface area contributed by atoms with Crippen LogP contribution >= 0.6 is 11.3 Å². The summed E-state index contributed by atoms with van der Waals surface area (Å²) in [5, 5.41) is 13.9. The normalized spacial score (nSPS) is 12.3. The second kappa shape index (κ2) is 6.53. The maximum Gasteiger partial charge on any atom is 0.326 e. The van der Waals surface area contributed by atoms with Gasteiger partial charge in [0.2, 0.25) is 0 Å². The third kappa shape index (κ3) is 3.91. The monoisotopic (exact) mass is 308 g/mol. The van der Waals surface area contributed by atoms with Gasteiger partial charge in [0.25, 0.3) is 5.91 Å². The van der Waals surface area contributed by atoms with Crippen LogP contribution in [0.4, 0.5) is 0 Å². The first-order chi connectivity index (χ1) is 9.97. The fourth-order valence-electron chi connectivity index (χ4n) is 1.82. The second-order valence-electron chi connectivity index (χ2n) is 5.04. The fourth-order valence-corrected chi connectivity index (χ4v) is 2.61. The van der Waals surface area contributed by atoms with Crippen molar-refractivity contribution in [3.05, 3.63) is 29.7 Å². The molecule has 0 spiro atoms. The van der Waals surface area contributed by atoms with E-state index in [2.05, 4.69) is 10.3 Å². The number of aromatic nitrogens is 1. The molecule has 1 atom stereocenters. The third-order valence-corrected chi connectivity index (χ3v) is 3.71. The van der Waals surface area contributed by atoms with Gasteiger partial charge in [-0.3, -0.25) is 4.79 Å². The molecule has 0 aliphatic rings. The molecule has 2 N–H and O–H groups in total. The van der Waals surface area contributed by atoms with E-state index < -0.39 is 17.9 Å². The number of thiazole rings is 1. The Labute approximate surface area is 125 Å². The van der Waals surface area contributed by atoms with Gasteiger partial charge >= 0.3 is 5.97 Å². The van der Waals surface area contributed by atoms with Crippen molar-refractivity contribution >= 4 is 23.2 Å². The van der Waals surface area contributed by atoms with Crippen molar-refractivity contribution in [3.63, 3.8) is 0 Å². The van der Waals surface area contributed by atoms with Gasteiger partial charge in [0.15, 0.2) is 0 Å². The predicted molar refractivity (Wildman–Crippen MR) is 78.2 cm³/mol. The zero-order valence-electron chi connectivity index (χ0n) is 11.7. The Bertz CT molecular complexity index is 619. The number of rotatable bonds is 6. The molecule has 2 rings (SSSR count). The zero-order valence-corrected chi connectivity index (χ0v) is 12.5. The lowest BCUT2D eigenvalue weighted by Crippen LogP contribution is -2.41. The molecule has 0 radical (unpaired) electrons. The number of amides is 1. The summed E-state index contributed by atoms with van der Waals surface area (Å²) in [6, 6.07) is 0.843. The Kier molecular flexibility index (Phi) is 4.74. The maximum absolute atomic E-state index is 12.1. The molecule has 2 aromatic rings. The average molecular weight is 308 g/mol. The molecule has 1 amide bonds. The van der Waals surface area contributed by atoms with Gasteiger partial charge < -0.3 is 14.8 Å². The van der Waals surface area contributed by atoms with Crippen LogP contribution in [0.3, 0.4) is 0 Å². The van der Waals surface area contributed by atoms with Crippen LogP contribution in [0.15, 0.2) is 28.4 Å². The number of hydrogen-bond donors (Lipinski definition) is 2. The highest BCUT2D eigenvalue weighted by atomic mass is 32.1. The van der Waals surface area contributed by atoms with Crippen molar-refractivity contribution in [2.45, 2.75) is 26.3 Å². The lowest BCUT2D eigenvalue weighted by molar-refractivity contribution is -0.139. The van der Waals surface area contributed by atoms with Gasteiger partial charge in [0, 0.05) is 10.9 Å². The Morgan fingerprint density at radius 1 is 1.48 bits per heavy atom. The van der Waals surface area contributed by atoms with Crippen molar-refractivity contribution in [2.24, 2.45) is 5.92 Å². The number of aliphatic carboxylic acids is 1. The molecule has 0 unspecified atom stereocenters. The van der Waals surface area contributed by atoms with E-state index in [1.807, 2.05) is 13.8 Å². The Morgan fingerprint density at radius 2 is 2.24 bits per heavy atom. The number of nitrogens with zero attached hydrogens (tertiary/aromatic N) is 1. The first-order valence-electron chi connectivity index (χ1n) is 6.49. The van der Waals surface area contributed by atoms with Crippen LogP contribution in [0.2, 0.25) is 0 Å². The molecule has 21 heavy (non-hydrogen) atoms. The Morgan fingerprint density at radius 3 is 2.81 bits per heavy atom. The van der Waals surface area contributed by atoms with Crippen molar-refractivity contribution in [3.8, 4) is 10.6 Å². The average Bonchev–Trinajstić information content (AvgIpc) is 3.08. The summed E-state index contributed by atoms with van der Waals surface area (Å²) in [5.41, 5.74) is 1.00. The number of carboxylic acid groups (broad SMARTS) is 1. The Hall–Kier alpha value is -2.15. The summed E-state index contributed by atoms with van der Waals surface area (Å²) >= 11 is 1.31. The van der Waals surface area contributed by atoms with E-state index in [4.69, 9.17) is 9.52 Å². The molecule has 0 aromatic carbocycles. The van der Waals surface area contributed by atoms with Gasteiger partial charge in [-0.25, -0.2) is 9.78 Å². The molecule has 0 aliphatic heterocycles. The SMILES string of the molecule is CC(C)C[C@H](NC(=O)c1csc(-c2ccoc2)n1)C(=O)O. The lowest BCUT2D eigenvalue weighted by Gasteiger charge is -2.15. The minimum absolute atomic E-state index is 0.170.